The molecule has 0 saturated carbocycles. The Morgan fingerprint density at radius 2 is 1.54 bits per heavy atom. The van der Waals surface area contributed by atoms with Gasteiger partial charge in [0.05, 0.1) is 4.90 Å². The van der Waals surface area contributed by atoms with Gasteiger partial charge in [-0.15, -0.1) is 4.40 Å². The van der Waals surface area contributed by atoms with E-state index >= 15 is 0 Å². The molecule has 1 fully saturated rings. The minimum Gasteiger partial charge on any atom is -0.355 e. The molecule has 2 aromatic rings. The molecule has 1 saturated heterocycles. The number of rotatable bonds is 3. The van der Waals surface area contributed by atoms with Crippen molar-refractivity contribution >= 4 is 15.9 Å². The first-order chi connectivity index (χ1) is 11.6. The van der Waals surface area contributed by atoms with Crippen molar-refractivity contribution < 1.29 is 12.8 Å². The number of piperidine rings is 1. The molecule has 0 radical (unpaired) electrons. The maximum Gasteiger partial charge on any atom is 0.284 e. The summed E-state index contributed by atoms with van der Waals surface area (Å²) in [7, 11) is -3.81. The molecule has 1 aliphatic heterocycles. The molecule has 1 aliphatic rings. The highest BCUT2D eigenvalue weighted by atomic mass is 32.2. The largest absolute Gasteiger partial charge is 0.355 e. The van der Waals surface area contributed by atoms with Gasteiger partial charge in [0.2, 0.25) is 0 Å². The Bertz CT molecular complexity index is 812. The van der Waals surface area contributed by atoms with Gasteiger partial charge in [-0.3, -0.25) is 0 Å². The van der Waals surface area contributed by atoms with E-state index in [-0.39, 0.29) is 10.7 Å². The number of amidine groups is 1. The molecule has 24 heavy (non-hydrogen) atoms. The quantitative estimate of drug-likeness (QED) is 0.632. The van der Waals surface area contributed by atoms with Crippen LogP contribution in [-0.2, 0) is 10.0 Å². The van der Waals surface area contributed by atoms with Crippen molar-refractivity contribution in [2.24, 2.45) is 4.40 Å². The molecular formula is C18H19FN2O2S. The van der Waals surface area contributed by atoms with E-state index in [0.29, 0.717) is 11.4 Å². The Labute approximate surface area is 141 Å². The van der Waals surface area contributed by atoms with E-state index in [1.165, 1.54) is 24.3 Å². The average Bonchev–Trinajstić information content (AvgIpc) is 2.62. The standard InChI is InChI=1S/C18H19FN2O2S/c19-16-11-9-15(10-12-16)18(21-13-5-2-6-14-21)20-24(22,23)17-7-3-1-4-8-17/h1,3-4,7-12H,2,5-6,13-14H2. The topological polar surface area (TPSA) is 49.7 Å². The van der Waals surface area contributed by atoms with E-state index < -0.39 is 10.0 Å². The molecule has 126 valence electrons. The minimum atomic E-state index is -3.81. The highest BCUT2D eigenvalue weighted by Crippen LogP contribution is 2.19. The molecule has 0 bridgehead atoms. The second-order valence-electron chi connectivity index (χ2n) is 5.76. The summed E-state index contributed by atoms with van der Waals surface area (Å²) in [6, 6.07) is 13.9. The summed E-state index contributed by atoms with van der Waals surface area (Å²) in [4.78, 5) is 2.12. The van der Waals surface area contributed by atoms with Crippen molar-refractivity contribution in [2.75, 3.05) is 13.1 Å². The lowest BCUT2D eigenvalue weighted by Crippen LogP contribution is -2.36. The third-order valence-corrected chi connectivity index (χ3v) is 5.29. The summed E-state index contributed by atoms with van der Waals surface area (Å²) >= 11 is 0. The first-order valence-electron chi connectivity index (χ1n) is 7.97. The highest BCUT2D eigenvalue weighted by Gasteiger charge is 2.21. The first kappa shape index (κ1) is 16.6. The lowest BCUT2D eigenvalue weighted by atomic mass is 10.1. The molecular weight excluding hydrogens is 327 g/mol. The molecule has 1 heterocycles. The SMILES string of the molecule is O=S(=O)(N=C(c1ccc(F)cc1)N1CCCCC1)c1ccccc1. The van der Waals surface area contributed by atoms with Crippen LogP contribution in [0.2, 0.25) is 0 Å². The minimum absolute atomic E-state index is 0.154. The van der Waals surface area contributed by atoms with Gasteiger partial charge in [-0.25, -0.2) is 4.39 Å². The van der Waals surface area contributed by atoms with E-state index in [9.17, 15) is 12.8 Å². The van der Waals surface area contributed by atoms with Crippen molar-refractivity contribution in [3.05, 3.63) is 66.0 Å². The number of nitrogens with zero attached hydrogens (tertiary/aromatic N) is 2. The predicted octanol–water partition coefficient (Wildman–Crippen LogP) is 3.45. The Morgan fingerprint density at radius 3 is 2.17 bits per heavy atom. The summed E-state index contributed by atoms with van der Waals surface area (Å²) in [6.07, 6.45) is 3.11. The number of sulfonamides is 1. The van der Waals surface area contributed by atoms with Gasteiger partial charge in [-0.2, -0.15) is 8.42 Å². The van der Waals surface area contributed by atoms with Crippen molar-refractivity contribution in [3.8, 4) is 0 Å². The molecule has 0 spiro atoms. The molecule has 0 aliphatic carbocycles. The van der Waals surface area contributed by atoms with Gasteiger partial charge in [-0.1, -0.05) is 18.2 Å². The maximum atomic E-state index is 13.2. The van der Waals surface area contributed by atoms with Gasteiger partial charge >= 0.3 is 0 Å². The predicted molar refractivity (Wildman–Crippen MR) is 92.0 cm³/mol. The zero-order valence-electron chi connectivity index (χ0n) is 13.2. The van der Waals surface area contributed by atoms with Gasteiger partial charge in [0.15, 0.2) is 0 Å². The van der Waals surface area contributed by atoms with Crippen LogP contribution in [0.15, 0.2) is 63.9 Å². The van der Waals surface area contributed by atoms with Crippen LogP contribution in [0.25, 0.3) is 0 Å². The van der Waals surface area contributed by atoms with Gasteiger partial charge < -0.3 is 4.90 Å². The summed E-state index contributed by atoms with van der Waals surface area (Å²) in [5.41, 5.74) is 0.609. The number of hydrogen-bond acceptors (Lipinski definition) is 2. The van der Waals surface area contributed by atoms with Crippen LogP contribution in [0.1, 0.15) is 24.8 Å². The summed E-state index contributed by atoms with van der Waals surface area (Å²) < 4.78 is 42.6. The van der Waals surface area contributed by atoms with Crippen LogP contribution in [0.3, 0.4) is 0 Å². The van der Waals surface area contributed by atoms with Crippen molar-refractivity contribution in [3.63, 3.8) is 0 Å². The normalized spacial score (nSPS) is 16.2. The van der Waals surface area contributed by atoms with Gasteiger partial charge in [0, 0.05) is 18.7 Å². The lowest BCUT2D eigenvalue weighted by Gasteiger charge is -2.29. The molecule has 0 N–H and O–H groups in total. The van der Waals surface area contributed by atoms with E-state index in [4.69, 9.17) is 0 Å². The van der Waals surface area contributed by atoms with Crippen LogP contribution >= 0.6 is 0 Å². The van der Waals surface area contributed by atoms with Gasteiger partial charge in [-0.05, 0) is 55.7 Å². The molecule has 4 nitrogen and oxygen atoms in total. The second kappa shape index (κ2) is 7.13. The van der Waals surface area contributed by atoms with Crippen LogP contribution in [0, 0.1) is 5.82 Å². The van der Waals surface area contributed by atoms with Crippen molar-refractivity contribution in [1.82, 2.24) is 4.90 Å². The van der Waals surface area contributed by atoms with Gasteiger partial charge in [0.25, 0.3) is 10.0 Å². The fourth-order valence-electron chi connectivity index (χ4n) is 2.76. The van der Waals surface area contributed by atoms with Crippen LogP contribution in [0.5, 0.6) is 0 Å². The van der Waals surface area contributed by atoms with E-state index in [1.807, 2.05) is 4.90 Å². The summed E-state index contributed by atoms with van der Waals surface area (Å²) in [5.74, 6) is 0.0289. The van der Waals surface area contributed by atoms with E-state index in [0.717, 1.165) is 32.4 Å². The molecule has 0 atom stereocenters. The molecule has 6 heteroatoms. The average molecular weight is 346 g/mol. The van der Waals surface area contributed by atoms with Crippen LogP contribution in [0.4, 0.5) is 4.39 Å². The third-order valence-electron chi connectivity index (χ3n) is 4.01. The van der Waals surface area contributed by atoms with Crippen molar-refractivity contribution in [1.29, 1.82) is 0 Å². The zero-order valence-corrected chi connectivity index (χ0v) is 14.0. The Kier molecular flexibility index (Phi) is 4.94. The molecule has 0 aromatic heterocycles. The molecule has 2 aromatic carbocycles. The fraction of sp³-hybridized carbons (Fsp3) is 0.278. The zero-order chi connectivity index (χ0) is 17.0. The number of hydrogen-bond donors (Lipinski definition) is 0. The van der Waals surface area contributed by atoms with E-state index in [2.05, 4.69) is 4.40 Å². The van der Waals surface area contributed by atoms with Crippen LogP contribution in [-0.4, -0.2) is 32.2 Å². The van der Waals surface area contributed by atoms with Crippen molar-refractivity contribution in [2.45, 2.75) is 24.2 Å². The second-order valence-corrected chi connectivity index (χ2v) is 7.36. The lowest BCUT2D eigenvalue weighted by molar-refractivity contribution is 0.343. The smallest absolute Gasteiger partial charge is 0.284 e. The fourth-order valence-corrected chi connectivity index (χ4v) is 3.81. The van der Waals surface area contributed by atoms with Gasteiger partial charge in [0.1, 0.15) is 11.7 Å². The highest BCUT2D eigenvalue weighted by molar-refractivity contribution is 7.90. The number of benzene rings is 2. The van der Waals surface area contributed by atoms with Crippen LogP contribution < -0.4 is 0 Å². The monoisotopic (exact) mass is 346 g/mol. The summed E-state index contributed by atoms with van der Waals surface area (Å²) in [6.45, 7) is 1.50. The molecule has 3 rings (SSSR count). The Hall–Kier alpha value is -2.21. The maximum absolute atomic E-state index is 13.2. The first-order valence-corrected chi connectivity index (χ1v) is 9.41. The Balaban J connectivity index is 2.05. The molecule has 0 amide bonds. The number of likely N-dealkylation sites (tertiary alicyclic amines) is 1. The van der Waals surface area contributed by atoms with E-state index in [1.54, 1.807) is 30.3 Å². The Morgan fingerprint density at radius 1 is 0.917 bits per heavy atom. The summed E-state index contributed by atoms with van der Waals surface area (Å²) in [5, 5.41) is 0. The third kappa shape index (κ3) is 3.82. The number of halogens is 1. The molecule has 0 unspecified atom stereocenters.